The second-order valence-corrected chi connectivity index (χ2v) is 18.8. The maximum Gasteiger partial charge on any atom is 0.217 e. The lowest BCUT2D eigenvalue weighted by atomic mass is 9.85. The highest BCUT2D eigenvalue weighted by Crippen LogP contribution is 2.40. The largest absolute Gasteiger partial charge is 0.394 e. The third-order valence-corrected chi connectivity index (χ3v) is 14.1. The number of carbonyl (C=O) groups excluding carboxylic acids is 2. The summed E-state index contributed by atoms with van der Waals surface area (Å²) in [5, 5.41) is 131. The van der Waals surface area contributed by atoms with Gasteiger partial charge in [-0.25, -0.2) is 0 Å². The lowest BCUT2D eigenvalue weighted by Crippen LogP contribution is -2.69. The van der Waals surface area contributed by atoms with Crippen LogP contribution in [-0.2, 0) is 52.2 Å². The molecule has 394 valence electrons. The predicted octanol–water partition coefficient (Wildman–Crippen LogP) is -7.39. The minimum absolute atomic E-state index is 0.137. The first kappa shape index (κ1) is 55.5. The predicted molar refractivity (Wildman–Crippen MR) is 224 cm³/mol. The highest BCUT2D eigenvalue weighted by molar-refractivity contribution is 5.78. The minimum Gasteiger partial charge on any atom is -0.394 e. The topological polar surface area (TPSA) is 424 Å². The molecule has 0 radical (unpaired) electrons. The Bertz CT molecular complexity index is 1580. The van der Waals surface area contributed by atoms with Gasteiger partial charge >= 0.3 is 0 Å². The average molecular weight is 988 g/mol. The number of carbonyl (C=O) groups is 2. The highest BCUT2D eigenvalue weighted by Gasteiger charge is 2.56. The summed E-state index contributed by atoms with van der Waals surface area (Å²) < 4.78 is 53.6. The quantitative estimate of drug-likeness (QED) is 0.0572. The van der Waals surface area contributed by atoms with Crippen LogP contribution in [0.2, 0.25) is 0 Å². The molecule has 5 saturated heterocycles. The van der Waals surface area contributed by atoms with Crippen LogP contribution in [0.3, 0.4) is 0 Å². The van der Waals surface area contributed by atoms with Crippen molar-refractivity contribution < 1.29 is 113 Å². The van der Waals surface area contributed by atoms with Gasteiger partial charge in [0.15, 0.2) is 31.5 Å². The van der Waals surface area contributed by atoms with Crippen molar-refractivity contribution in [2.45, 2.75) is 200 Å². The summed E-state index contributed by atoms with van der Waals surface area (Å²) in [7, 11) is 0. The summed E-state index contributed by atoms with van der Waals surface area (Å²) in [6.45, 7) is -1.36. The zero-order chi connectivity index (χ0) is 49.7. The van der Waals surface area contributed by atoms with Gasteiger partial charge in [0.2, 0.25) is 5.91 Å². The summed E-state index contributed by atoms with van der Waals surface area (Å²) in [5.41, 5.74) is 11.9. The summed E-state index contributed by atoms with van der Waals surface area (Å²) in [6, 6.07) is -4.31. The Morgan fingerprint density at radius 1 is 0.559 bits per heavy atom. The highest BCUT2D eigenvalue weighted by atomic mass is 16.8. The molecule has 25 atom stereocenters. The number of ether oxygens (including phenoxy) is 9. The van der Waals surface area contributed by atoms with E-state index in [1.807, 2.05) is 0 Å². The van der Waals surface area contributed by atoms with Gasteiger partial charge in [0, 0.05) is 31.6 Å². The van der Waals surface area contributed by atoms with E-state index in [-0.39, 0.29) is 18.6 Å². The van der Waals surface area contributed by atoms with Crippen LogP contribution < -0.4 is 16.8 Å². The Balaban J connectivity index is 1.23. The van der Waals surface area contributed by atoms with Crippen LogP contribution >= 0.6 is 0 Å². The summed E-state index contributed by atoms with van der Waals surface area (Å²) in [6.07, 6.45) is -26.5. The molecule has 10 unspecified atom stereocenters. The maximum atomic E-state index is 13.8. The van der Waals surface area contributed by atoms with Gasteiger partial charge in [-0.05, 0) is 12.3 Å². The molecule has 6 rings (SSSR count). The molecule has 5 aliphatic heterocycles. The smallest absolute Gasteiger partial charge is 0.217 e. The van der Waals surface area contributed by atoms with Crippen molar-refractivity contribution >= 4 is 11.7 Å². The summed E-state index contributed by atoms with van der Waals surface area (Å²) in [5.74, 6) is -2.99. The molecule has 1 saturated carbocycles. The van der Waals surface area contributed by atoms with Gasteiger partial charge in [-0.3, -0.25) is 9.59 Å². The van der Waals surface area contributed by atoms with Crippen LogP contribution in [0.1, 0.15) is 58.8 Å². The monoisotopic (exact) mass is 987 g/mol. The third-order valence-electron chi connectivity index (χ3n) is 14.1. The minimum atomic E-state index is -1.81. The molecule has 0 aromatic heterocycles. The number of nitrogens with two attached hydrogens (primary N) is 2. The van der Waals surface area contributed by atoms with E-state index in [9.17, 15) is 70.9 Å². The Morgan fingerprint density at radius 3 is 1.62 bits per heavy atom. The molecule has 0 aromatic carbocycles. The number of nitrogens with one attached hydrogen (secondary N) is 1. The number of hydrogen-bond acceptors (Lipinski definition) is 25. The Labute approximate surface area is 392 Å². The van der Waals surface area contributed by atoms with E-state index in [0.717, 1.165) is 32.6 Å². The average Bonchev–Trinajstić information content (AvgIpc) is 3.85. The molecule has 5 heterocycles. The van der Waals surface area contributed by atoms with Crippen molar-refractivity contribution in [2.75, 3.05) is 33.0 Å². The van der Waals surface area contributed by atoms with Crippen molar-refractivity contribution in [3.05, 3.63) is 0 Å². The second kappa shape index (κ2) is 24.8. The van der Waals surface area contributed by atoms with Crippen LogP contribution in [0.25, 0.3) is 0 Å². The van der Waals surface area contributed by atoms with Gasteiger partial charge in [-0.15, -0.1) is 0 Å². The number of rotatable bonds is 19. The van der Waals surface area contributed by atoms with Crippen molar-refractivity contribution in [3.8, 4) is 0 Å². The van der Waals surface area contributed by atoms with Crippen LogP contribution in [0.5, 0.6) is 0 Å². The number of hydrogen-bond donors (Lipinski definition) is 15. The first-order chi connectivity index (χ1) is 32.4. The van der Waals surface area contributed by atoms with E-state index in [2.05, 4.69) is 5.32 Å². The molecule has 0 aromatic rings. The molecular formula is C42H73N3O23. The molecule has 68 heavy (non-hydrogen) atoms. The molecular weight excluding hydrogens is 914 g/mol. The second-order valence-electron chi connectivity index (χ2n) is 18.8. The molecule has 0 spiro atoms. The SMILES string of the molecule is CC(=O)NC1[C@H](O[C@@H]2C(CO)O[C@@H](O[C@@H]3C(CO)O[C@@H](O[C@@H]4C(CO)O[C@@H](O)C(N)[C@H]4O)C(C)[C@H]3O)C(CC(=O)CCC3CCCC3)[C@H]2O)OC(CO)[C@@H](O[C@@H]2OC(CO)[C@@H](O)[C@H](O)C2N)[C@@H]1O. The molecule has 1 aliphatic carbocycles. The first-order valence-electron chi connectivity index (χ1n) is 23.4. The van der Waals surface area contributed by atoms with Gasteiger partial charge in [-0.2, -0.15) is 0 Å². The standard InChI is InChI=1S/C42H73N3O23/c1-15-28(53)34(22(12-48)62-39(15)65-36-21(11-47)60-38(59)25(43)32(36)57)66-40-19(9-18(52)8-7-17-5-3-4-6-17)29(54)35(23(13-49)63-40)68-42-27(45-16(2)51)33(58)37(24(14-50)64-42)67-41-26(44)31(56)30(55)20(10-46)61-41/h15,17,19-42,46-50,53-59H,3-14,43-44H2,1-2H3,(H,45,51)/t15?,19?,20?,21?,22?,23?,24?,25?,26?,27?,28-,29-,30-,31-,32-,33-,34-,35-,36-,37-,38-,39+,40+,41+,42+/m1/s1. The van der Waals surface area contributed by atoms with Gasteiger partial charge in [-0.1, -0.05) is 32.6 Å². The number of Topliss-reactive ketones (excluding diaryl/α,β-unsaturated/α-hetero) is 1. The lowest BCUT2D eigenvalue weighted by Gasteiger charge is -2.51. The Hall–Kier alpha value is -1.78. The lowest BCUT2D eigenvalue weighted by molar-refractivity contribution is -0.376. The molecule has 26 nitrogen and oxygen atoms in total. The van der Waals surface area contributed by atoms with E-state index in [1.165, 1.54) is 6.92 Å². The van der Waals surface area contributed by atoms with Crippen molar-refractivity contribution in [1.82, 2.24) is 5.32 Å². The number of amides is 1. The molecule has 0 bridgehead atoms. The van der Waals surface area contributed by atoms with Gasteiger partial charge < -0.3 is 121 Å². The molecule has 1 amide bonds. The third kappa shape index (κ3) is 12.3. The van der Waals surface area contributed by atoms with Crippen LogP contribution in [0.4, 0.5) is 0 Å². The number of aliphatic hydroxyl groups excluding tert-OH is 12. The first-order valence-corrected chi connectivity index (χ1v) is 23.4. The van der Waals surface area contributed by atoms with E-state index < -0.39 is 192 Å². The van der Waals surface area contributed by atoms with Gasteiger partial charge in [0.25, 0.3) is 0 Å². The molecule has 17 N–H and O–H groups in total. The molecule has 26 heteroatoms. The Kier molecular flexibility index (Phi) is 20.2. The number of aliphatic hydroxyl groups is 12. The van der Waals surface area contributed by atoms with E-state index in [1.54, 1.807) is 0 Å². The fraction of sp³-hybridized carbons (Fsp3) is 0.952. The van der Waals surface area contributed by atoms with Crippen LogP contribution in [-0.4, -0.2) is 247 Å². The Morgan fingerprint density at radius 2 is 1.03 bits per heavy atom. The van der Waals surface area contributed by atoms with E-state index in [4.69, 9.17) is 54.1 Å². The number of ketones is 1. The summed E-state index contributed by atoms with van der Waals surface area (Å²) >= 11 is 0. The fourth-order valence-electron chi connectivity index (χ4n) is 10.0. The zero-order valence-corrected chi connectivity index (χ0v) is 38.0. The zero-order valence-electron chi connectivity index (χ0n) is 38.0. The van der Waals surface area contributed by atoms with Crippen molar-refractivity contribution in [1.29, 1.82) is 0 Å². The van der Waals surface area contributed by atoms with E-state index in [0.29, 0.717) is 12.3 Å². The summed E-state index contributed by atoms with van der Waals surface area (Å²) in [4.78, 5) is 26.3. The molecule has 6 aliphatic rings. The normalized spacial score (nSPS) is 47.2. The van der Waals surface area contributed by atoms with Crippen molar-refractivity contribution in [2.24, 2.45) is 29.2 Å². The van der Waals surface area contributed by atoms with E-state index >= 15 is 0 Å². The fourth-order valence-corrected chi connectivity index (χ4v) is 10.0. The molecule has 6 fully saturated rings. The van der Waals surface area contributed by atoms with Gasteiger partial charge in [0.05, 0.1) is 57.3 Å². The maximum absolute atomic E-state index is 13.8. The van der Waals surface area contributed by atoms with Crippen LogP contribution in [0.15, 0.2) is 0 Å². The van der Waals surface area contributed by atoms with Gasteiger partial charge in [0.1, 0.15) is 91.2 Å². The van der Waals surface area contributed by atoms with Crippen molar-refractivity contribution in [3.63, 3.8) is 0 Å². The van der Waals surface area contributed by atoms with Crippen LogP contribution in [0, 0.1) is 17.8 Å².